The quantitative estimate of drug-likeness (QED) is 0.443. The first kappa shape index (κ1) is 22.4. The van der Waals surface area contributed by atoms with Gasteiger partial charge in [-0.1, -0.05) is 13.8 Å². The largest absolute Gasteiger partial charge is 0.493 e. The van der Waals surface area contributed by atoms with E-state index in [1.54, 1.807) is 18.2 Å². The van der Waals surface area contributed by atoms with Crippen molar-refractivity contribution in [2.24, 2.45) is 5.92 Å². The molecule has 0 fully saturated rings. The number of rotatable bonds is 7. The monoisotopic (exact) mass is 474 g/mol. The van der Waals surface area contributed by atoms with Crippen LogP contribution in [0, 0.1) is 5.92 Å². The number of fused-ring (bicyclic) bond motifs is 1. The van der Waals surface area contributed by atoms with E-state index in [4.69, 9.17) is 9.47 Å². The Morgan fingerprint density at radius 2 is 2.09 bits per heavy atom. The number of thiazole rings is 1. The van der Waals surface area contributed by atoms with Crippen molar-refractivity contribution < 1.29 is 28.9 Å². The van der Waals surface area contributed by atoms with Gasteiger partial charge in [-0.3, -0.25) is 9.36 Å². The molecule has 0 aliphatic carbocycles. The summed E-state index contributed by atoms with van der Waals surface area (Å²) in [4.78, 5) is 44.2. The second kappa shape index (κ2) is 8.98. The maximum atomic E-state index is 13.1. The number of H-pyrrole nitrogens is 1. The smallest absolute Gasteiger partial charge is 0.357 e. The summed E-state index contributed by atoms with van der Waals surface area (Å²) in [5.74, 6) is -0.484. The van der Waals surface area contributed by atoms with Gasteiger partial charge in [0.05, 0.1) is 7.11 Å². The molecule has 3 heterocycles. The molecule has 0 radical (unpaired) electrons. The molecule has 1 atom stereocenters. The van der Waals surface area contributed by atoms with Gasteiger partial charge in [-0.15, -0.1) is 11.3 Å². The van der Waals surface area contributed by atoms with Crippen LogP contribution in [0.15, 0.2) is 28.4 Å². The van der Waals surface area contributed by atoms with Crippen LogP contribution < -0.4 is 20.5 Å². The van der Waals surface area contributed by atoms with Gasteiger partial charge >= 0.3 is 11.7 Å². The second-order valence-electron chi connectivity index (χ2n) is 7.73. The van der Waals surface area contributed by atoms with E-state index in [9.17, 15) is 19.5 Å². The third kappa shape index (κ3) is 4.42. The lowest BCUT2D eigenvalue weighted by molar-refractivity contribution is -0.119. The molecule has 4 rings (SSSR count). The first-order chi connectivity index (χ1) is 15.8. The number of aromatic nitrogens is 3. The standard InChI is InChI=1S/C21H22N4O7S/c1-10(2)6-13(17(26)24-20-22-12(8-33-20)19(28)30-3)25-18(27)16(23-21(25)29)11-4-5-14-15(7-11)32-9-31-14/h4-5,7-8,10,13,27H,6,9H2,1-3H3,(H,23,29)(H,22,24,26)/t13-/m0/s1. The highest BCUT2D eigenvalue weighted by molar-refractivity contribution is 7.14. The summed E-state index contributed by atoms with van der Waals surface area (Å²) in [5.41, 5.74) is 0.0707. The van der Waals surface area contributed by atoms with Crippen molar-refractivity contribution in [1.29, 1.82) is 0 Å². The number of methoxy groups -OCH3 is 1. The minimum atomic E-state index is -1.03. The van der Waals surface area contributed by atoms with Gasteiger partial charge in [0.2, 0.25) is 18.6 Å². The molecule has 33 heavy (non-hydrogen) atoms. The number of aromatic hydroxyl groups is 1. The Hall–Kier alpha value is -3.80. The van der Waals surface area contributed by atoms with Crippen LogP contribution in [0.25, 0.3) is 11.3 Å². The summed E-state index contributed by atoms with van der Waals surface area (Å²) < 4.78 is 16.3. The Bertz CT molecular complexity index is 1260. The van der Waals surface area contributed by atoms with Crippen LogP contribution in [0.1, 0.15) is 36.8 Å². The van der Waals surface area contributed by atoms with E-state index in [1.165, 1.54) is 12.5 Å². The van der Waals surface area contributed by atoms with Gasteiger partial charge in [0, 0.05) is 10.9 Å². The zero-order valence-electron chi connectivity index (χ0n) is 18.1. The molecule has 12 heteroatoms. The molecule has 3 N–H and O–H groups in total. The maximum Gasteiger partial charge on any atom is 0.357 e. The molecule has 3 aromatic rings. The van der Waals surface area contributed by atoms with E-state index in [-0.39, 0.29) is 41.5 Å². The molecule has 0 saturated carbocycles. The minimum absolute atomic E-state index is 0.0258. The summed E-state index contributed by atoms with van der Waals surface area (Å²) in [6.07, 6.45) is 0.271. The predicted molar refractivity (Wildman–Crippen MR) is 119 cm³/mol. The first-order valence-electron chi connectivity index (χ1n) is 10.1. The second-order valence-corrected chi connectivity index (χ2v) is 8.59. The van der Waals surface area contributed by atoms with Gasteiger partial charge in [-0.05, 0) is 30.5 Å². The van der Waals surface area contributed by atoms with Crippen LogP contribution in [-0.4, -0.2) is 45.4 Å². The van der Waals surface area contributed by atoms with E-state index in [0.29, 0.717) is 17.1 Å². The molecule has 0 bridgehead atoms. The predicted octanol–water partition coefficient (Wildman–Crippen LogP) is 2.75. The topological polar surface area (TPSA) is 145 Å². The number of aromatic amines is 1. The number of esters is 1. The van der Waals surface area contributed by atoms with Crippen LogP contribution in [0.5, 0.6) is 17.4 Å². The molecule has 1 aliphatic heterocycles. The van der Waals surface area contributed by atoms with Gasteiger partial charge in [0.15, 0.2) is 22.3 Å². The van der Waals surface area contributed by atoms with Gasteiger partial charge in [-0.2, -0.15) is 0 Å². The number of imidazole rings is 1. The summed E-state index contributed by atoms with van der Waals surface area (Å²) in [5, 5.41) is 15.2. The van der Waals surface area contributed by atoms with E-state index in [2.05, 4.69) is 20.0 Å². The van der Waals surface area contributed by atoms with Gasteiger partial charge in [0.1, 0.15) is 11.7 Å². The summed E-state index contributed by atoms with van der Waals surface area (Å²) in [6.45, 7) is 3.88. The first-order valence-corrected chi connectivity index (χ1v) is 10.9. The zero-order chi connectivity index (χ0) is 23.7. The molecule has 2 aromatic heterocycles. The molecular formula is C21H22N4O7S. The Morgan fingerprint density at radius 3 is 2.82 bits per heavy atom. The molecule has 0 unspecified atom stereocenters. The number of ether oxygens (including phenoxy) is 3. The lowest BCUT2D eigenvalue weighted by Gasteiger charge is -2.19. The zero-order valence-corrected chi connectivity index (χ0v) is 18.9. The minimum Gasteiger partial charge on any atom is -0.493 e. The molecule has 0 spiro atoms. The molecule has 174 valence electrons. The summed E-state index contributed by atoms with van der Waals surface area (Å²) >= 11 is 1.05. The summed E-state index contributed by atoms with van der Waals surface area (Å²) in [7, 11) is 1.23. The van der Waals surface area contributed by atoms with E-state index < -0.39 is 23.6 Å². The number of nitrogens with one attached hydrogen (secondary N) is 2. The normalized spacial score (nSPS) is 13.2. The number of nitrogens with zero attached hydrogens (tertiary/aromatic N) is 2. The van der Waals surface area contributed by atoms with Crippen molar-refractivity contribution >= 4 is 28.3 Å². The number of carbonyl (C=O) groups is 2. The van der Waals surface area contributed by atoms with Crippen LogP contribution in [0.2, 0.25) is 0 Å². The third-order valence-electron chi connectivity index (χ3n) is 5.00. The van der Waals surface area contributed by atoms with Crippen molar-refractivity contribution in [3.63, 3.8) is 0 Å². The number of benzene rings is 1. The molecule has 1 aliphatic rings. The van der Waals surface area contributed by atoms with Crippen molar-refractivity contribution in [1.82, 2.24) is 14.5 Å². The van der Waals surface area contributed by atoms with Gasteiger partial charge < -0.3 is 29.6 Å². The van der Waals surface area contributed by atoms with Gasteiger partial charge in [-0.25, -0.2) is 14.6 Å². The molecule has 11 nitrogen and oxygen atoms in total. The highest BCUT2D eigenvalue weighted by atomic mass is 32.1. The fourth-order valence-electron chi connectivity index (χ4n) is 3.48. The van der Waals surface area contributed by atoms with Gasteiger partial charge in [0.25, 0.3) is 0 Å². The Morgan fingerprint density at radius 1 is 1.33 bits per heavy atom. The number of amides is 1. The molecule has 1 aromatic carbocycles. The fraction of sp³-hybridized carbons (Fsp3) is 0.333. The lowest BCUT2D eigenvalue weighted by atomic mass is 10.0. The average molecular weight is 474 g/mol. The Balaban J connectivity index is 1.66. The highest BCUT2D eigenvalue weighted by Gasteiger charge is 2.30. The summed E-state index contributed by atoms with van der Waals surface area (Å²) in [6, 6.07) is 3.96. The number of hydrogen-bond acceptors (Lipinski definition) is 9. The number of carbonyl (C=O) groups excluding carboxylic acids is 2. The average Bonchev–Trinajstić information content (AvgIpc) is 3.50. The van der Waals surface area contributed by atoms with Crippen LogP contribution in [0.4, 0.5) is 5.13 Å². The van der Waals surface area contributed by atoms with E-state index in [1.807, 2.05) is 13.8 Å². The van der Waals surface area contributed by atoms with E-state index in [0.717, 1.165) is 15.9 Å². The third-order valence-corrected chi connectivity index (χ3v) is 5.76. The fourth-order valence-corrected chi connectivity index (χ4v) is 4.16. The van der Waals surface area contributed by atoms with Crippen molar-refractivity contribution in [3.05, 3.63) is 39.8 Å². The molecular weight excluding hydrogens is 452 g/mol. The van der Waals surface area contributed by atoms with Crippen LogP contribution in [-0.2, 0) is 9.53 Å². The van der Waals surface area contributed by atoms with Crippen molar-refractivity contribution in [3.8, 4) is 28.6 Å². The Kier molecular flexibility index (Phi) is 6.09. The Labute approximate surface area is 191 Å². The molecule has 0 saturated heterocycles. The number of anilines is 1. The SMILES string of the molecule is COC(=O)c1csc(NC(=O)[C@H](CC(C)C)n2c(O)c(-c3ccc4c(c3)OCO4)[nH]c2=O)n1. The van der Waals surface area contributed by atoms with Crippen molar-refractivity contribution in [2.45, 2.75) is 26.3 Å². The number of hydrogen-bond donors (Lipinski definition) is 3. The van der Waals surface area contributed by atoms with E-state index >= 15 is 0 Å². The van der Waals surface area contributed by atoms with Crippen LogP contribution in [0.3, 0.4) is 0 Å². The molecule has 1 amide bonds. The highest BCUT2D eigenvalue weighted by Crippen LogP contribution is 2.38. The van der Waals surface area contributed by atoms with Crippen LogP contribution >= 0.6 is 11.3 Å². The lowest BCUT2D eigenvalue weighted by Crippen LogP contribution is -2.33. The van der Waals surface area contributed by atoms with Crippen molar-refractivity contribution in [2.75, 3.05) is 19.2 Å². The maximum absolute atomic E-state index is 13.1.